The lowest BCUT2D eigenvalue weighted by Crippen LogP contribution is -2.16. The topological polar surface area (TPSA) is 69.4 Å². The van der Waals surface area contributed by atoms with E-state index in [9.17, 15) is 12.8 Å². The zero-order chi connectivity index (χ0) is 14.8. The highest BCUT2D eigenvalue weighted by molar-refractivity contribution is 9.10. The number of nitrogens with two attached hydrogens (primary N) is 1. The highest BCUT2D eigenvalue weighted by Crippen LogP contribution is 2.31. The van der Waals surface area contributed by atoms with Crippen LogP contribution in [0.2, 0.25) is 0 Å². The van der Waals surface area contributed by atoms with Crippen LogP contribution < -0.4 is 9.88 Å². The Labute approximate surface area is 126 Å². The number of rotatable bonds is 4. The molecular formula is C13H17BrFNO3S. The van der Waals surface area contributed by atoms with Crippen LogP contribution in [0.5, 0.6) is 5.75 Å². The summed E-state index contributed by atoms with van der Waals surface area (Å²) in [7, 11) is -4.07. The molecule has 0 aliphatic heterocycles. The molecule has 1 saturated carbocycles. The fraction of sp³-hybridized carbons (Fsp3) is 0.538. The molecule has 7 heteroatoms. The van der Waals surface area contributed by atoms with Crippen LogP contribution in [-0.4, -0.2) is 15.0 Å². The van der Waals surface area contributed by atoms with Crippen LogP contribution in [0.4, 0.5) is 4.39 Å². The summed E-state index contributed by atoms with van der Waals surface area (Å²) in [5.74, 6) is -0.105. The molecule has 0 unspecified atom stereocenters. The Balaban J connectivity index is 2.11. The van der Waals surface area contributed by atoms with Crippen molar-refractivity contribution in [1.82, 2.24) is 0 Å². The minimum atomic E-state index is -4.07. The molecule has 1 aromatic rings. The van der Waals surface area contributed by atoms with Crippen molar-refractivity contribution in [2.24, 2.45) is 11.1 Å². The summed E-state index contributed by atoms with van der Waals surface area (Å²) < 4.78 is 42.1. The zero-order valence-electron chi connectivity index (χ0n) is 10.9. The van der Waals surface area contributed by atoms with E-state index in [2.05, 4.69) is 15.9 Å². The molecule has 1 aliphatic rings. The van der Waals surface area contributed by atoms with Gasteiger partial charge in [-0.1, -0.05) is 19.3 Å². The number of hydrogen-bond acceptors (Lipinski definition) is 3. The van der Waals surface area contributed by atoms with Crippen molar-refractivity contribution in [3.63, 3.8) is 0 Å². The summed E-state index contributed by atoms with van der Waals surface area (Å²) in [4.78, 5) is -0.533. The maximum atomic E-state index is 13.7. The maximum Gasteiger partial charge on any atom is 0.241 e. The third-order valence-electron chi connectivity index (χ3n) is 3.49. The van der Waals surface area contributed by atoms with Crippen LogP contribution >= 0.6 is 15.9 Å². The van der Waals surface area contributed by atoms with Gasteiger partial charge in [0.25, 0.3) is 0 Å². The number of sulfonamides is 1. The van der Waals surface area contributed by atoms with E-state index in [-0.39, 0.29) is 0 Å². The third kappa shape index (κ3) is 3.93. The molecule has 0 spiro atoms. The molecule has 0 aromatic heterocycles. The molecule has 0 atom stereocenters. The van der Waals surface area contributed by atoms with E-state index in [4.69, 9.17) is 9.88 Å². The fourth-order valence-electron chi connectivity index (χ4n) is 2.40. The number of benzene rings is 1. The molecule has 1 fully saturated rings. The largest absolute Gasteiger partial charge is 0.492 e. The molecule has 2 N–H and O–H groups in total. The standard InChI is InChI=1S/C13H17BrFNO3S/c14-10-6-13(20(16,17)18)11(15)7-12(10)19-8-9-4-2-1-3-5-9/h6-7,9H,1-5,8H2,(H2,16,17,18). The molecule has 1 aliphatic carbocycles. The fourth-order valence-corrected chi connectivity index (χ4v) is 3.62. The molecular weight excluding hydrogens is 349 g/mol. The van der Waals surface area contributed by atoms with Crippen LogP contribution in [0.25, 0.3) is 0 Å². The minimum absolute atomic E-state index is 0.306. The van der Waals surface area contributed by atoms with E-state index in [1.807, 2.05) is 0 Å². The van der Waals surface area contributed by atoms with Crippen LogP contribution in [0, 0.1) is 11.7 Å². The SMILES string of the molecule is NS(=O)(=O)c1cc(Br)c(OCC2CCCCC2)cc1F. The van der Waals surface area contributed by atoms with Gasteiger partial charge in [0.05, 0.1) is 11.1 Å². The van der Waals surface area contributed by atoms with Gasteiger partial charge in [0, 0.05) is 6.07 Å². The van der Waals surface area contributed by atoms with Gasteiger partial charge in [-0.25, -0.2) is 17.9 Å². The van der Waals surface area contributed by atoms with Crippen molar-refractivity contribution in [2.75, 3.05) is 6.61 Å². The zero-order valence-corrected chi connectivity index (χ0v) is 13.3. The smallest absolute Gasteiger partial charge is 0.241 e. The van der Waals surface area contributed by atoms with Gasteiger partial charge >= 0.3 is 0 Å². The van der Waals surface area contributed by atoms with Gasteiger partial charge in [-0.15, -0.1) is 0 Å². The average Bonchev–Trinajstić information content (AvgIpc) is 2.39. The number of hydrogen-bond donors (Lipinski definition) is 1. The molecule has 112 valence electrons. The van der Waals surface area contributed by atoms with E-state index in [1.54, 1.807) is 0 Å². The van der Waals surface area contributed by atoms with Gasteiger partial charge in [0.1, 0.15) is 16.5 Å². The third-order valence-corrected chi connectivity index (χ3v) is 5.04. The van der Waals surface area contributed by atoms with Crippen molar-refractivity contribution < 1.29 is 17.5 Å². The minimum Gasteiger partial charge on any atom is -0.492 e. The summed E-state index contributed by atoms with van der Waals surface area (Å²) in [6.07, 6.45) is 5.91. The Bertz CT molecular complexity index is 586. The Morgan fingerprint density at radius 2 is 1.95 bits per heavy atom. The Hall–Kier alpha value is -0.660. The predicted octanol–water partition coefficient (Wildman–Crippen LogP) is 3.19. The van der Waals surface area contributed by atoms with Crippen molar-refractivity contribution in [3.8, 4) is 5.75 Å². The molecule has 0 bridgehead atoms. The normalized spacial score (nSPS) is 17.1. The summed E-state index contributed by atoms with van der Waals surface area (Å²) in [6, 6.07) is 2.20. The Morgan fingerprint density at radius 3 is 2.55 bits per heavy atom. The van der Waals surface area contributed by atoms with Gasteiger partial charge in [0.15, 0.2) is 0 Å². The van der Waals surface area contributed by atoms with Gasteiger partial charge in [-0.2, -0.15) is 0 Å². The second kappa shape index (κ2) is 6.41. The van der Waals surface area contributed by atoms with E-state index >= 15 is 0 Å². The van der Waals surface area contributed by atoms with Crippen molar-refractivity contribution in [2.45, 2.75) is 37.0 Å². The average molecular weight is 366 g/mol. The highest BCUT2D eigenvalue weighted by Gasteiger charge is 2.19. The first-order chi connectivity index (χ1) is 9.38. The highest BCUT2D eigenvalue weighted by atomic mass is 79.9. The molecule has 0 heterocycles. The molecule has 4 nitrogen and oxygen atoms in total. The summed E-state index contributed by atoms with van der Waals surface area (Å²) in [5.41, 5.74) is 0. The summed E-state index contributed by atoms with van der Waals surface area (Å²) in [6.45, 7) is 0.521. The molecule has 2 rings (SSSR count). The second-order valence-electron chi connectivity index (χ2n) is 5.07. The maximum absolute atomic E-state index is 13.7. The Kier molecular flexibility index (Phi) is 5.04. The van der Waals surface area contributed by atoms with E-state index in [0.717, 1.165) is 25.0 Å². The first kappa shape index (κ1) is 15.7. The predicted molar refractivity (Wildman–Crippen MR) is 77.5 cm³/mol. The van der Waals surface area contributed by atoms with Crippen molar-refractivity contribution in [1.29, 1.82) is 0 Å². The van der Waals surface area contributed by atoms with Crippen LogP contribution in [0.1, 0.15) is 32.1 Å². The second-order valence-corrected chi connectivity index (χ2v) is 7.46. The lowest BCUT2D eigenvalue weighted by Gasteiger charge is -2.22. The quantitative estimate of drug-likeness (QED) is 0.890. The first-order valence-electron chi connectivity index (χ1n) is 6.52. The number of primary sulfonamides is 1. The van der Waals surface area contributed by atoms with Gasteiger partial charge in [0.2, 0.25) is 10.0 Å². The van der Waals surface area contributed by atoms with E-state index in [1.165, 1.54) is 19.3 Å². The molecule has 1 aromatic carbocycles. The molecule has 0 saturated heterocycles. The van der Waals surface area contributed by atoms with Gasteiger partial charge in [-0.05, 0) is 40.8 Å². The molecule has 20 heavy (non-hydrogen) atoms. The molecule has 0 radical (unpaired) electrons. The monoisotopic (exact) mass is 365 g/mol. The van der Waals surface area contributed by atoms with E-state index in [0.29, 0.717) is 22.7 Å². The van der Waals surface area contributed by atoms with Crippen molar-refractivity contribution in [3.05, 3.63) is 22.4 Å². The van der Waals surface area contributed by atoms with Gasteiger partial charge in [-0.3, -0.25) is 0 Å². The number of ether oxygens (including phenoxy) is 1. The summed E-state index contributed by atoms with van der Waals surface area (Å²) >= 11 is 3.19. The molecule has 0 amide bonds. The lowest BCUT2D eigenvalue weighted by molar-refractivity contribution is 0.207. The van der Waals surface area contributed by atoms with Crippen molar-refractivity contribution >= 4 is 26.0 Å². The first-order valence-corrected chi connectivity index (χ1v) is 8.86. The van der Waals surface area contributed by atoms with Crippen LogP contribution in [-0.2, 0) is 10.0 Å². The summed E-state index contributed by atoms with van der Waals surface area (Å²) in [5, 5.41) is 4.94. The van der Waals surface area contributed by atoms with Crippen LogP contribution in [0.3, 0.4) is 0 Å². The number of halogens is 2. The van der Waals surface area contributed by atoms with Gasteiger partial charge < -0.3 is 4.74 Å². The lowest BCUT2D eigenvalue weighted by atomic mass is 9.90. The van der Waals surface area contributed by atoms with Crippen LogP contribution in [0.15, 0.2) is 21.5 Å². The Morgan fingerprint density at radius 1 is 1.30 bits per heavy atom. The van der Waals surface area contributed by atoms with E-state index < -0.39 is 20.7 Å².